The molecule has 1 atom stereocenters. The highest BCUT2D eigenvalue weighted by Crippen LogP contribution is 2.30. The monoisotopic (exact) mass is 241 g/mol. The van der Waals surface area contributed by atoms with Gasteiger partial charge in [-0.2, -0.15) is 0 Å². The zero-order valence-electron chi connectivity index (χ0n) is 11.2. The van der Waals surface area contributed by atoms with Gasteiger partial charge >= 0.3 is 0 Å². The molecule has 0 aliphatic carbocycles. The molecule has 0 spiro atoms. The molecule has 0 aliphatic rings. The summed E-state index contributed by atoms with van der Waals surface area (Å²) in [6.45, 7) is 11.8. The molecule has 0 aromatic carbocycles. The number of thiazole rings is 1. The summed E-state index contributed by atoms with van der Waals surface area (Å²) >= 11 is 1.80. The van der Waals surface area contributed by atoms with E-state index < -0.39 is 0 Å². The van der Waals surface area contributed by atoms with Crippen LogP contribution in [-0.2, 0) is 0 Å². The second kappa shape index (κ2) is 5.64. The molecule has 4 heteroatoms. The Kier molecular flexibility index (Phi) is 4.74. The van der Waals surface area contributed by atoms with Crippen LogP contribution in [0.15, 0.2) is 0 Å². The molecule has 0 bridgehead atoms. The minimum absolute atomic E-state index is 0.400. The first kappa shape index (κ1) is 13.5. The predicted molar refractivity (Wildman–Crippen MR) is 72.5 cm³/mol. The Labute approximate surface area is 103 Å². The quantitative estimate of drug-likeness (QED) is 0.859. The van der Waals surface area contributed by atoms with E-state index in [1.807, 2.05) is 0 Å². The second-order valence-electron chi connectivity index (χ2n) is 4.43. The van der Waals surface area contributed by atoms with Crippen molar-refractivity contribution >= 4 is 16.5 Å². The van der Waals surface area contributed by atoms with E-state index in [0.29, 0.717) is 12.1 Å². The molecule has 3 nitrogen and oxygen atoms in total. The first-order valence-electron chi connectivity index (χ1n) is 5.90. The van der Waals surface area contributed by atoms with Crippen LogP contribution in [0.5, 0.6) is 0 Å². The SMILES string of the molecule is CCNC(C)c1sc(N(C)C(C)C)nc1C. The van der Waals surface area contributed by atoms with Crippen LogP contribution in [0, 0.1) is 6.92 Å². The van der Waals surface area contributed by atoms with Gasteiger partial charge in [0.25, 0.3) is 0 Å². The minimum Gasteiger partial charge on any atom is -0.349 e. The molecule has 1 rings (SSSR count). The van der Waals surface area contributed by atoms with Crippen LogP contribution in [0.4, 0.5) is 5.13 Å². The van der Waals surface area contributed by atoms with Crippen molar-refractivity contribution in [3.05, 3.63) is 10.6 Å². The van der Waals surface area contributed by atoms with Crippen LogP contribution in [-0.4, -0.2) is 24.6 Å². The molecule has 1 aromatic heterocycles. The highest BCUT2D eigenvalue weighted by atomic mass is 32.1. The number of hydrogen-bond acceptors (Lipinski definition) is 4. The van der Waals surface area contributed by atoms with Crippen molar-refractivity contribution < 1.29 is 0 Å². The number of nitrogens with zero attached hydrogens (tertiary/aromatic N) is 2. The van der Waals surface area contributed by atoms with Crippen LogP contribution in [0.1, 0.15) is 44.3 Å². The van der Waals surface area contributed by atoms with E-state index in [9.17, 15) is 0 Å². The summed E-state index contributed by atoms with van der Waals surface area (Å²) in [6, 6.07) is 0.893. The average molecular weight is 241 g/mol. The van der Waals surface area contributed by atoms with Crippen molar-refractivity contribution in [2.75, 3.05) is 18.5 Å². The molecule has 1 heterocycles. The molecule has 0 saturated carbocycles. The Morgan fingerprint density at radius 1 is 1.38 bits per heavy atom. The topological polar surface area (TPSA) is 28.2 Å². The number of aromatic nitrogens is 1. The number of nitrogens with one attached hydrogen (secondary N) is 1. The Bertz CT molecular complexity index is 333. The van der Waals surface area contributed by atoms with Gasteiger partial charge in [0.1, 0.15) is 0 Å². The minimum atomic E-state index is 0.400. The Hall–Kier alpha value is -0.610. The van der Waals surface area contributed by atoms with Gasteiger partial charge in [-0.05, 0) is 34.2 Å². The highest BCUT2D eigenvalue weighted by Gasteiger charge is 2.16. The Morgan fingerprint density at radius 2 is 2.00 bits per heavy atom. The molecule has 1 unspecified atom stereocenters. The molecule has 1 N–H and O–H groups in total. The molecule has 0 amide bonds. The molecule has 1 aromatic rings. The lowest BCUT2D eigenvalue weighted by Crippen LogP contribution is -2.25. The van der Waals surface area contributed by atoms with Gasteiger partial charge in [-0.15, -0.1) is 11.3 Å². The van der Waals surface area contributed by atoms with Gasteiger partial charge < -0.3 is 10.2 Å². The molecule has 0 saturated heterocycles. The molecule has 0 aliphatic heterocycles. The lowest BCUT2D eigenvalue weighted by atomic mass is 10.2. The standard InChI is InChI=1S/C12H23N3S/c1-7-13-9(4)11-10(5)14-12(16-11)15(6)8(2)3/h8-9,13H,7H2,1-6H3. The van der Waals surface area contributed by atoms with Crippen molar-refractivity contribution in [1.29, 1.82) is 0 Å². The maximum absolute atomic E-state index is 4.64. The fourth-order valence-corrected chi connectivity index (χ4v) is 2.75. The van der Waals surface area contributed by atoms with Crippen LogP contribution in [0.25, 0.3) is 0 Å². The number of rotatable bonds is 5. The summed E-state index contributed by atoms with van der Waals surface area (Å²) in [4.78, 5) is 8.21. The molecular weight excluding hydrogens is 218 g/mol. The Morgan fingerprint density at radius 3 is 2.50 bits per heavy atom. The summed E-state index contributed by atoms with van der Waals surface area (Å²) in [5, 5.41) is 4.55. The van der Waals surface area contributed by atoms with E-state index in [4.69, 9.17) is 0 Å². The Balaban J connectivity index is 2.89. The van der Waals surface area contributed by atoms with E-state index >= 15 is 0 Å². The number of aryl methyl sites for hydroxylation is 1. The fraction of sp³-hybridized carbons (Fsp3) is 0.750. The van der Waals surface area contributed by atoms with Gasteiger partial charge in [0.15, 0.2) is 5.13 Å². The third-order valence-corrected chi connectivity index (χ3v) is 4.23. The predicted octanol–water partition coefficient (Wildman–Crippen LogP) is 2.97. The lowest BCUT2D eigenvalue weighted by molar-refractivity contribution is 0.603. The second-order valence-corrected chi connectivity index (χ2v) is 5.44. The first-order valence-corrected chi connectivity index (χ1v) is 6.72. The maximum atomic E-state index is 4.64. The number of hydrogen-bond donors (Lipinski definition) is 1. The highest BCUT2D eigenvalue weighted by molar-refractivity contribution is 7.15. The molecular formula is C12H23N3S. The van der Waals surface area contributed by atoms with Gasteiger partial charge in [-0.3, -0.25) is 0 Å². The summed E-state index contributed by atoms with van der Waals surface area (Å²) in [7, 11) is 2.10. The van der Waals surface area contributed by atoms with Crippen molar-refractivity contribution in [3.8, 4) is 0 Å². The first-order chi connectivity index (χ1) is 7.47. The zero-order chi connectivity index (χ0) is 12.3. The van der Waals surface area contributed by atoms with E-state index in [-0.39, 0.29) is 0 Å². The van der Waals surface area contributed by atoms with Crippen molar-refractivity contribution in [1.82, 2.24) is 10.3 Å². The van der Waals surface area contributed by atoms with Crippen LogP contribution >= 0.6 is 11.3 Å². The molecule has 0 fully saturated rings. The van der Waals surface area contributed by atoms with E-state index in [1.54, 1.807) is 11.3 Å². The smallest absolute Gasteiger partial charge is 0.185 e. The third kappa shape index (κ3) is 2.95. The van der Waals surface area contributed by atoms with E-state index in [2.05, 4.69) is 56.9 Å². The lowest BCUT2D eigenvalue weighted by Gasteiger charge is -2.20. The van der Waals surface area contributed by atoms with Gasteiger partial charge in [0.05, 0.1) is 5.69 Å². The van der Waals surface area contributed by atoms with Gasteiger partial charge in [-0.1, -0.05) is 6.92 Å². The summed E-state index contributed by atoms with van der Waals surface area (Å²) in [5.41, 5.74) is 1.15. The van der Waals surface area contributed by atoms with Crippen LogP contribution < -0.4 is 10.2 Å². The average Bonchev–Trinajstić information content (AvgIpc) is 2.59. The molecule has 16 heavy (non-hydrogen) atoms. The summed E-state index contributed by atoms with van der Waals surface area (Å²) in [6.07, 6.45) is 0. The summed E-state index contributed by atoms with van der Waals surface area (Å²) in [5.74, 6) is 0. The van der Waals surface area contributed by atoms with Crippen molar-refractivity contribution in [2.24, 2.45) is 0 Å². The fourth-order valence-electron chi connectivity index (χ4n) is 1.57. The van der Waals surface area contributed by atoms with Gasteiger partial charge in [-0.25, -0.2) is 4.98 Å². The largest absolute Gasteiger partial charge is 0.349 e. The third-order valence-electron chi connectivity index (χ3n) is 2.80. The van der Waals surface area contributed by atoms with E-state index in [1.165, 1.54) is 4.88 Å². The van der Waals surface area contributed by atoms with E-state index in [0.717, 1.165) is 17.4 Å². The molecule has 0 radical (unpaired) electrons. The van der Waals surface area contributed by atoms with Crippen LogP contribution in [0.2, 0.25) is 0 Å². The number of anilines is 1. The van der Waals surface area contributed by atoms with Crippen molar-refractivity contribution in [2.45, 2.75) is 46.7 Å². The summed E-state index contributed by atoms with van der Waals surface area (Å²) < 4.78 is 0. The zero-order valence-corrected chi connectivity index (χ0v) is 12.0. The van der Waals surface area contributed by atoms with Crippen LogP contribution in [0.3, 0.4) is 0 Å². The maximum Gasteiger partial charge on any atom is 0.185 e. The van der Waals surface area contributed by atoms with Gasteiger partial charge in [0.2, 0.25) is 0 Å². The normalized spacial score (nSPS) is 13.2. The molecule has 92 valence electrons. The van der Waals surface area contributed by atoms with Gasteiger partial charge in [0, 0.05) is 24.0 Å². The van der Waals surface area contributed by atoms with Crippen molar-refractivity contribution in [3.63, 3.8) is 0 Å².